The van der Waals surface area contributed by atoms with E-state index in [1.54, 1.807) is 24.3 Å². The molecular formula is C34H24F2Si2. The minimum absolute atomic E-state index is 0.519. The van der Waals surface area contributed by atoms with Gasteiger partial charge in [0, 0.05) is 0 Å². The number of rotatable bonds is 4. The van der Waals surface area contributed by atoms with E-state index in [1.807, 2.05) is 121 Å². The lowest BCUT2D eigenvalue weighted by Gasteiger charge is -2.21. The molecule has 0 amide bonds. The summed E-state index contributed by atoms with van der Waals surface area (Å²) in [6.45, 7) is 0. The second-order valence-corrected chi connectivity index (χ2v) is 14.9. The van der Waals surface area contributed by atoms with Gasteiger partial charge in [0.25, 0.3) is 0 Å². The quantitative estimate of drug-likeness (QED) is 0.154. The summed E-state index contributed by atoms with van der Waals surface area (Å²) < 4.78 is 34.8. The van der Waals surface area contributed by atoms with Gasteiger partial charge in [-0.05, 0) is 42.3 Å². The minimum Gasteiger partial charge on any atom is -0.285 e. The Morgan fingerprint density at radius 3 is 1.08 bits per heavy atom. The summed E-state index contributed by atoms with van der Waals surface area (Å²) in [5.74, 6) is 0. The maximum Gasteiger partial charge on any atom is 0.384 e. The summed E-state index contributed by atoms with van der Waals surface area (Å²) in [5, 5.41) is 6.04. The largest absolute Gasteiger partial charge is 0.384 e. The molecule has 0 aliphatic heterocycles. The van der Waals surface area contributed by atoms with E-state index in [4.69, 9.17) is 0 Å². The Morgan fingerprint density at radius 2 is 0.684 bits per heavy atom. The first-order valence-corrected chi connectivity index (χ1v) is 16.3. The molecule has 2 unspecified atom stereocenters. The highest BCUT2D eigenvalue weighted by Crippen LogP contribution is 2.18. The van der Waals surface area contributed by atoms with E-state index < -0.39 is 16.8 Å². The summed E-state index contributed by atoms with van der Waals surface area (Å²) in [5.41, 5.74) is 5.98. The molecule has 4 heteroatoms. The summed E-state index contributed by atoms with van der Waals surface area (Å²) in [4.78, 5) is 0. The van der Waals surface area contributed by atoms with Crippen molar-refractivity contribution < 1.29 is 8.22 Å². The molecule has 6 aromatic carbocycles. The van der Waals surface area contributed by atoms with Crippen LogP contribution < -0.4 is 20.7 Å². The Kier molecular flexibility index (Phi) is 6.25. The van der Waals surface area contributed by atoms with E-state index >= 15 is 8.22 Å². The van der Waals surface area contributed by atoms with Crippen molar-refractivity contribution in [3.8, 4) is 11.1 Å². The molecule has 182 valence electrons. The smallest absolute Gasteiger partial charge is 0.285 e. The van der Waals surface area contributed by atoms with Gasteiger partial charge in [-0.15, -0.1) is 0 Å². The minimum atomic E-state index is -4.11. The van der Waals surface area contributed by atoms with E-state index in [1.165, 1.54) is 0 Å². The zero-order chi connectivity index (χ0) is 26.0. The van der Waals surface area contributed by atoms with Crippen LogP contribution in [0.4, 0.5) is 8.22 Å². The van der Waals surface area contributed by atoms with E-state index in [2.05, 4.69) is 11.1 Å². The van der Waals surface area contributed by atoms with Crippen LogP contribution in [-0.4, -0.2) is 16.8 Å². The highest BCUT2D eigenvalue weighted by molar-refractivity contribution is 7.07. The summed E-state index contributed by atoms with van der Waals surface area (Å²) in [7, 11) is -8.23. The van der Waals surface area contributed by atoms with Crippen molar-refractivity contribution in [3.05, 3.63) is 146 Å². The second-order valence-electron chi connectivity index (χ2n) is 9.42. The van der Waals surface area contributed by atoms with Crippen LogP contribution in [0.5, 0.6) is 0 Å². The summed E-state index contributed by atoms with van der Waals surface area (Å²) in [6, 6.07) is 45.1. The Morgan fingerprint density at radius 1 is 0.342 bits per heavy atom. The fraction of sp³-hybridized carbons (Fsp3) is 0. The van der Waals surface area contributed by atoms with Crippen molar-refractivity contribution in [2.24, 2.45) is 0 Å². The molecule has 0 bridgehead atoms. The molecule has 2 atom stereocenters. The van der Waals surface area contributed by atoms with Crippen molar-refractivity contribution in [1.82, 2.24) is 0 Å². The van der Waals surface area contributed by atoms with E-state index in [0.29, 0.717) is 20.7 Å². The molecule has 0 saturated heterocycles. The van der Waals surface area contributed by atoms with Gasteiger partial charge in [0.1, 0.15) is 0 Å². The van der Waals surface area contributed by atoms with Gasteiger partial charge in [-0.1, -0.05) is 157 Å². The average Bonchev–Trinajstić information content (AvgIpc) is 3.00. The number of halogens is 2. The number of fused-ring (bicyclic) bond motifs is 2. The maximum atomic E-state index is 17.4. The van der Waals surface area contributed by atoms with Gasteiger partial charge in [-0.3, -0.25) is 8.22 Å². The van der Waals surface area contributed by atoms with Gasteiger partial charge in [0.2, 0.25) is 0 Å². The zero-order valence-electron chi connectivity index (χ0n) is 20.6. The summed E-state index contributed by atoms with van der Waals surface area (Å²) in [6.07, 6.45) is 0. The molecule has 38 heavy (non-hydrogen) atoms. The number of hydrogen-bond acceptors (Lipinski definition) is 0. The normalized spacial score (nSPS) is 14.3. The Balaban J connectivity index is 1.57. The average molecular weight is 527 g/mol. The van der Waals surface area contributed by atoms with Crippen LogP contribution in [-0.2, 0) is 0 Å². The lowest BCUT2D eigenvalue weighted by Crippen LogP contribution is -2.57. The zero-order valence-corrected chi connectivity index (χ0v) is 22.6. The predicted octanol–water partition coefficient (Wildman–Crippen LogP) is 5.83. The first kappa shape index (κ1) is 24.1. The first-order valence-electron chi connectivity index (χ1n) is 12.6. The molecule has 0 radical (unpaired) electrons. The summed E-state index contributed by atoms with van der Waals surface area (Å²) >= 11 is 0. The SMILES string of the molecule is F[Si](C#C[Si](F)(c1ccccc1)c1ccc2ccccc2c1)(c1ccccc1)c1ccc2ccccc2c1. The third-order valence-electron chi connectivity index (χ3n) is 7.04. The van der Waals surface area contributed by atoms with Crippen LogP contribution in [0.2, 0.25) is 0 Å². The van der Waals surface area contributed by atoms with Crippen molar-refractivity contribution in [1.29, 1.82) is 0 Å². The van der Waals surface area contributed by atoms with E-state index in [-0.39, 0.29) is 0 Å². The van der Waals surface area contributed by atoms with Crippen LogP contribution in [0.15, 0.2) is 146 Å². The van der Waals surface area contributed by atoms with Crippen LogP contribution in [0.1, 0.15) is 0 Å². The molecule has 0 aromatic heterocycles. The van der Waals surface area contributed by atoms with Gasteiger partial charge < -0.3 is 0 Å². The van der Waals surface area contributed by atoms with Crippen molar-refractivity contribution in [3.63, 3.8) is 0 Å². The molecule has 6 rings (SSSR count). The third kappa shape index (κ3) is 4.37. The van der Waals surface area contributed by atoms with Crippen LogP contribution in [0.25, 0.3) is 21.5 Å². The standard InChI is InChI=1S/C34H24F2Si2/c35-37(31-15-3-1-4-16-31,33-21-19-27-11-7-9-13-29(27)25-33)23-24-38(36,32-17-5-2-6-18-32)34-22-20-28-12-8-10-14-30(28)26-34/h1-22,25-26H. The Bertz CT molecular complexity index is 1680. The molecule has 0 nitrogen and oxygen atoms in total. The first-order chi connectivity index (χ1) is 18.6. The van der Waals surface area contributed by atoms with Crippen molar-refractivity contribution >= 4 is 59.1 Å². The highest BCUT2D eigenvalue weighted by Gasteiger charge is 2.42. The molecule has 0 spiro atoms. The van der Waals surface area contributed by atoms with Crippen LogP contribution in [0.3, 0.4) is 0 Å². The van der Waals surface area contributed by atoms with Gasteiger partial charge in [-0.2, -0.15) is 0 Å². The van der Waals surface area contributed by atoms with Gasteiger partial charge >= 0.3 is 16.8 Å². The molecule has 0 heterocycles. The third-order valence-corrected chi connectivity index (χ3v) is 12.7. The van der Waals surface area contributed by atoms with Gasteiger partial charge in [0.15, 0.2) is 0 Å². The lowest BCUT2D eigenvalue weighted by atomic mass is 10.1. The van der Waals surface area contributed by atoms with Gasteiger partial charge in [0.05, 0.1) is 0 Å². The Hall–Kier alpha value is -4.31. The fourth-order valence-corrected chi connectivity index (χ4v) is 10.2. The molecule has 6 aromatic rings. The van der Waals surface area contributed by atoms with Gasteiger partial charge in [-0.25, -0.2) is 0 Å². The Labute approximate surface area is 223 Å². The number of benzene rings is 6. The monoisotopic (exact) mass is 526 g/mol. The molecule has 0 aliphatic carbocycles. The predicted molar refractivity (Wildman–Crippen MR) is 161 cm³/mol. The molecule has 0 fully saturated rings. The molecule has 0 aliphatic rings. The lowest BCUT2D eigenvalue weighted by molar-refractivity contribution is 0.840. The fourth-order valence-electron chi connectivity index (χ4n) is 4.94. The van der Waals surface area contributed by atoms with Crippen LogP contribution in [0, 0.1) is 11.1 Å². The molecular weight excluding hydrogens is 503 g/mol. The highest BCUT2D eigenvalue weighted by atomic mass is 28.4. The van der Waals surface area contributed by atoms with Crippen molar-refractivity contribution in [2.45, 2.75) is 0 Å². The molecule has 0 saturated carbocycles. The van der Waals surface area contributed by atoms with E-state index in [0.717, 1.165) is 21.5 Å². The second kappa shape index (κ2) is 9.87. The van der Waals surface area contributed by atoms with Crippen LogP contribution >= 0.6 is 0 Å². The molecule has 0 N–H and O–H groups in total. The maximum absolute atomic E-state index is 17.4. The number of hydrogen-bond donors (Lipinski definition) is 0. The van der Waals surface area contributed by atoms with Crippen molar-refractivity contribution in [2.75, 3.05) is 0 Å². The van der Waals surface area contributed by atoms with E-state index in [9.17, 15) is 0 Å². The topological polar surface area (TPSA) is 0 Å².